The van der Waals surface area contributed by atoms with E-state index in [-0.39, 0.29) is 16.3 Å². The molecule has 0 unspecified atom stereocenters. The molecule has 2 aromatic rings. The highest BCUT2D eigenvalue weighted by atomic mass is 35.5. The van der Waals surface area contributed by atoms with E-state index >= 15 is 0 Å². The quantitative estimate of drug-likeness (QED) is 0.946. The molecule has 0 aliphatic rings. The number of methoxy groups -OCH3 is 1. The minimum absolute atomic E-state index is 0.0589. The van der Waals surface area contributed by atoms with Gasteiger partial charge in [0.15, 0.2) is 5.69 Å². The number of nitrogens with zero attached hydrogens (tertiary/aromatic N) is 2. The van der Waals surface area contributed by atoms with Crippen LogP contribution in [0.3, 0.4) is 0 Å². The van der Waals surface area contributed by atoms with E-state index in [2.05, 4.69) is 5.10 Å². The maximum absolute atomic E-state index is 13.8. The Labute approximate surface area is 119 Å². The molecule has 7 heteroatoms. The minimum Gasteiger partial charge on any atom is -0.496 e. The van der Waals surface area contributed by atoms with Crippen LogP contribution in [0.5, 0.6) is 5.75 Å². The van der Waals surface area contributed by atoms with Crippen molar-refractivity contribution in [1.29, 1.82) is 0 Å². The number of hydrogen-bond acceptors (Lipinski definition) is 3. The summed E-state index contributed by atoms with van der Waals surface area (Å²) in [6.07, 6.45) is 0. The zero-order valence-corrected chi connectivity index (χ0v) is 11.8. The van der Waals surface area contributed by atoms with Gasteiger partial charge >= 0.3 is 5.97 Å². The van der Waals surface area contributed by atoms with E-state index in [9.17, 15) is 9.18 Å². The molecule has 1 heterocycles. The largest absolute Gasteiger partial charge is 0.496 e. The summed E-state index contributed by atoms with van der Waals surface area (Å²) < 4.78 is 20.4. The Bertz CT molecular complexity index is 697. The van der Waals surface area contributed by atoms with Gasteiger partial charge in [0.1, 0.15) is 11.6 Å². The second-order valence-corrected chi connectivity index (χ2v) is 4.63. The fourth-order valence-corrected chi connectivity index (χ4v) is 2.26. The number of rotatable bonds is 3. The average molecular weight is 299 g/mol. The van der Waals surface area contributed by atoms with Gasteiger partial charge in [-0.1, -0.05) is 11.6 Å². The summed E-state index contributed by atoms with van der Waals surface area (Å²) in [6.45, 7) is 1.54. The molecule has 1 aromatic heterocycles. The highest BCUT2D eigenvalue weighted by Crippen LogP contribution is 2.37. The molecule has 0 fully saturated rings. The number of benzene rings is 1. The van der Waals surface area contributed by atoms with Crippen molar-refractivity contribution in [2.75, 3.05) is 7.11 Å². The molecular weight excluding hydrogens is 287 g/mol. The second-order valence-electron chi connectivity index (χ2n) is 4.22. The zero-order valence-electron chi connectivity index (χ0n) is 11.1. The van der Waals surface area contributed by atoms with Crippen LogP contribution in [0.2, 0.25) is 5.02 Å². The SMILES string of the molecule is COc1c(-c2cc(C(=O)O)nn2C)cc(Cl)c(F)c1C. The van der Waals surface area contributed by atoms with Gasteiger partial charge in [0.05, 0.1) is 17.8 Å². The first kappa shape index (κ1) is 14.3. The Balaban J connectivity index is 2.72. The van der Waals surface area contributed by atoms with E-state index in [4.69, 9.17) is 21.4 Å². The van der Waals surface area contributed by atoms with E-state index in [1.165, 1.54) is 30.8 Å². The van der Waals surface area contributed by atoms with Crippen LogP contribution < -0.4 is 4.74 Å². The van der Waals surface area contributed by atoms with Gasteiger partial charge in [0.2, 0.25) is 0 Å². The van der Waals surface area contributed by atoms with E-state index in [0.29, 0.717) is 17.0 Å². The van der Waals surface area contributed by atoms with Crippen molar-refractivity contribution in [2.24, 2.45) is 7.05 Å². The van der Waals surface area contributed by atoms with Crippen LogP contribution in [0.4, 0.5) is 4.39 Å². The number of halogens is 2. The first-order valence-electron chi connectivity index (χ1n) is 5.67. The molecule has 20 heavy (non-hydrogen) atoms. The Morgan fingerprint density at radius 1 is 1.50 bits per heavy atom. The summed E-state index contributed by atoms with van der Waals surface area (Å²) in [5, 5.41) is 12.8. The third-order valence-electron chi connectivity index (χ3n) is 2.97. The summed E-state index contributed by atoms with van der Waals surface area (Å²) in [5.41, 5.74) is 1.11. The van der Waals surface area contributed by atoms with Crippen LogP contribution in [0.15, 0.2) is 12.1 Å². The molecule has 0 aliphatic carbocycles. The van der Waals surface area contributed by atoms with Crippen molar-refractivity contribution in [1.82, 2.24) is 9.78 Å². The fraction of sp³-hybridized carbons (Fsp3) is 0.231. The number of carboxylic acid groups (broad SMARTS) is 1. The topological polar surface area (TPSA) is 64.3 Å². The maximum atomic E-state index is 13.8. The Morgan fingerprint density at radius 3 is 2.65 bits per heavy atom. The van der Waals surface area contributed by atoms with Crippen LogP contribution in [-0.2, 0) is 7.05 Å². The Hall–Kier alpha value is -2.08. The minimum atomic E-state index is -1.14. The van der Waals surface area contributed by atoms with Gasteiger partial charge in [0, 0.05) is 18.2 Å². The molecular formula is C13H12ClFN2O3. The second kappa shape index (κ2) is 5.13. The third kappa shape index (κ3) is 2.22. The smallest absolute Gasteiger partial charge is 0.356 e. The highest BCUT2D eigenvalue weighted by molar-refractivity contribution is 6.31. The average Bonchev–Trinajstić information content (AvgIpc) is 2.78. The predicted molar refractivity (Wildman–Crippen MR) is 71.9 cm³/mol. The van der Waals surface area contributed by atoms with Gasteiger partial charge in [0.25, 0.3) is 0 Å². The Morgan fingerprint density at radius 2 is 2.15 bits per heavy atom. The Kier molecular flexibility index (Phi) is 3.67. The van der Waals surface area contributed by atoms with Gasteiger partial charge in [-0.15, -0.1) is 0 Å². The van der Waals surface area contributed by atoms with Gasteiger partial charge < -0.3 is 9.84 Å². The molecule has 0 atom stereocenters. The summed E-state index contributed by atoms with van der Waals surface area (Å²) >= 11 is 5.84. The molecule has 0 amide bonds. The molecule has 1 N–H and O–H groups in total. The third-order valence-corrected chi connectivity index (χ3v) is 3.25. The molecule has 0 aliphatic heterocycles. The normalized spacial score (nSPS) is 10.7. The van der Waals surface area contributed by atoms with Crippen molar-refractivity contribution in [3.05, 3.63) is 34.2 Å². The molecule has 0 saturated carbocycles. The summed E-state index contributed by atoms with van der Waals surface area (Å²) in [5.74, 6) is -1.41. The number of carbonyl (C=O) groups is 1. The number of aromatic nitrogens is 2. The van der Waals surface area contributed by atoms with Gasteiger partial charge in [-0.2, -0.15) is 5.10 Å². The van der Waals surface area contributed by atoms with Gasteiger partial charge in [-0.3, -0.25) is 4.68 Å². The first-order chi connectivity index (χ1) is 9.36. The van der Waals surface area contributed by atoms with E-state index in [1.54, 1.807) is 7.05 Å². The van der Waals surface area contributed by atoms with Crippen molar-refractivity contribution < 1.29 is 19.0 Å². The van der Waals surface area contributed by atoms with E-state index < -0.39 is 11.8 Å². The molecule has 106 valence electrons. The summed E-state index contributed by atoms with van der Waals surface area (Å²) in [6, 6.07) is 2.78. The zero-order chi connectivity index (χ0) is 15.0. The standard InChI is InChI=1S/C13H12ClFN2O3/c1-6-11(15)8(14)4-7(12(6)20-3)10-5-9(13(18)19)16-17(10)2/h4-5H,1-3H3,(H,18,19). The molecule has 5 nitrogen and oxygen atoms in total. The number of aryl methyl sites for hydroxylation is 1. The molecule has 1 aromatic carbocycles. The molecule has 0 saturated heterocycles. The lowest BCUT2D eigenvalue weighted by molar-refractivity contribution is 0.0689. The molecule has 0 bridgehead atoms. The van der Waals surface area contributed by atoms with Crippen LogP contribution in [-0.4, -0.2) is 28.0 Å². The number of carboxylic acids is 1. The fourth-order valence-electron chi connectivity index (χ4n) is 2.01. The monoisotopic (exact) mass is 298 g/mol. The predicted octanol–water partition coefficient (Wildman–Crippen LogP) is 2.89. The van der Waals surface area contributed by atoms with E-state index in [1.807, 2.05) is 0 Å². The van der Waals surface area contributed by atoms with Crippen molar-refractivity contribution in [3.8, 4) is 17.0 Å². The number of ether oxygens (including phenoxy) is 1. The summed E-state index contributed by atoms with van der Waals surface area (Å²) in [7, 11) is 3.00. The van der Waals surface area contributed by atoms with Gasteiger partial charge in [-0.05, 0) is 19.1 Å². The molecule has 0 radical (unpaired) electrons. The van der Waals surface area contributed by atoms with Crippen molar-refractivity contribution >= 4 is 17.6 Å². The highest BCUT2D eigenvalue weighted by Gasteiger charge is 2.20. The maximum Gasteiger partial charge on any atom is 0.356 e. The van der Waals surface area contributed by atoms with Gasteiger partial charge in [-0.25, -0.2) is 9.18 Å². The van der Waals surface area contributed by atoms with Crippen LogP contribution in [0, 0.1) is 12.7 Å². The summed E-state index contributed by atoms with van der Waals surface area (Å²) in [4.78, 5) is 10.9. The molecule has 0 spiro atoms. The van der Waals surface area contributed by atoms with Crippen molar-refractivity contribution in [2.45, 2.75) is 6.92 Å². The first-order valence-corrected chi connectivity index (χ1v) is 6.05. The number of aromatic carboxylic acids is 1. The van der Waals surface area contributed by atoms with Crippen LogP contribution >= 0.6 is 11.6 Å². The van der Waals surface area contributed by atoms with Crippen LogP contribution in [0.25, 0.3) is 11.3 Å². The van der Waals surface area contributed by atoms with E-state index in [0.717, 1.165) is 0 Å². The lowest BCUT2D eigenvalue weighted by Crippen LogP contribution is -2.00. The van der Waals surface area contributed by atoms with Crippen LogP contribution in [0.1, 0.15) is 16.1 Å². The number of hydrogen-bond donors (Lipinski definition) is 1. The molecule has 2 rings (SSSR count). The van der Waals surface area contributed by atoms with Crippen molar-refractivity contribution in [3.63, 3.8) is 0 Å². The lowest BCUT2D eigenvalue weighted by atomic mass is 10.1. The lowest BCUT2D eigenvalue weighted by Gasteiger charge is -2.13.